The molecule has 3 heterocycles. The molecule has 0 saturated heterocycles. The molecule has 0 aliphatic heterocycles. The molecule has 0 bridgehead atoms. The van der Waals surface area contributed by atoms with Crippen LogP contribution in [0.1, 0.15) is 16.8 Å². The molecule has 26 heavy (non-hydrogen) atoms. The normalized spacial score (nSPS) is 11.2. The number of aromatic nitrogens is 4. The number of aryl methyl sites for hydroxylation is 1. The van der Waals surface area contributed by atoms with Gasteiger partial charge in [0.15, 0.2) is 5.16 Å². The van der Waals surface area contributed by atoms with Crippen LogP contribution < -0.4 is 10.9 Å². The first-order valence-corrected chi connectivity index (χ1v) is 10.6. The van der Waals surface area contributed by atoms with E-state index in [-0.39, 0.29) is 18.0 Å². The van der Waals surface area contributed by atoms with Gasteiger partial charge in [-0.1, -0.05) is 30.0 Å². The molecule has 0 atom stereocenters. The Morgan fingerprint density at radius 1 is 1.38 bits per heavy atom. The molecule has 0 spiro atoms. The summed E-state index contributed by atoms with van der Waals surface area (Å²) in [7, 11) is 1.56. The fourth-order valence-corrected chi connectivity index (χ4v) is 4.60. The first kappa shape index (κ1) is 19.0. The van der Waals surface area contributed by atoms with Crippen molar-refractivity contribution >= 4 is 55.7 Å². The second-order valence-corrected chi connectivity index (χ2v) is 8.21. The molecular weight excluding hydrogens is 394 g/mol. The third-order valence-electron chi connectivity index (χ3n) is 3.48. The summed E-state index contributed by atoms with van der Waals surface area (Å²) in [6.07, 6.45) is 2.68. The number of methoxy groups -OCH3 is 1. The van der Waals surface area contributed by atoms with Crippen LogP contribution in [0.25, 0.3) is 10.2 Å². The van der Waals surface area contributed by atoms with E-state index in [1.165, 1.54) is 39.0 Å². The van der Waals surface area contributed by atoms with Crippen molar-refractivity contribution in [3.05, 3.63) is 26.3 Å². The highest BCUT2D eigenvalue weighted by Gasteiger charge is 2.16. The van der Waals surface area contributed by atoms with Gasteiger partial charge in [-0.05, 0) is 18.7 Å². The van der Waals surface area contributed by atoms with E-state index >= 15 is 0 Å². The monoisotopic (exact) mass is 411 g/mol. The van der Waals surface area contributed by atoms with Gasteiger partial charge in [-0.3, -0.25) is 19.5 Å². The Bertz CT molecular complexity index is 994. The van der Waals surface area contributed by atoms with Crippen LogP contribution in [0.4, 0.5) is 5.13 Å². The number of fused-ring (bicyclic) bond motifs is 1. The van der Waals surface area contributed by atoms with E-state index in [4.69, 9.17) is 4.74 Å². The molecule has 3 aromatic heterocycles. The van der Waals surface area contributed by atoms with Crippen molar-refractivity contribution in [3.63, 3.8) is 0 Å². The van der Waals surface area contributed by atoms with E-state index in [0.29, 0.717) is 32.1 Å². The number of thioether (sulfide) groups is 1. The van der Waals surface area contributed by atoms with Crippen molar-refractivity contribution in [2.45, 2.75) is 31.7 Å². The van der Waals surface area contributed by atoms with Crippen molar-refractivity contribution in [3.8, 4) is 0 Å². The van der Waals surface area contributed by atoms with Gasteiger partial charge in [-0.25, -0.2) is 4.98 Å². The minimum absolute atomic E-state index is 0.131. The summed E-state index contributed by atoms with van der Waals surface area (Å²) in [4.78, 5) is 31.5. The lowest BCUT2D eigenvalue weighted by molar-refractivity contribution is -0.116. The summed E-state index contributed by atoms with van der Waals surface area (Å²) in [5.41, 5.74) is -0.206. The standard InChI is InChI=1S/C15H17N5O3S3/c1-4-8-5-9-12(25-8)17-15(24-3)20(13(9)22)6-10(21)16-14-19-18-11(26-14)7-23-2/h5H,4,6-7H2,1-3H3,(H,16,19,21). The zero-order chi connectivity index (χ0) is 18.7. The van der Waals surface area contributed by atoms with E-state index in [2.05, 4.69) is 20.5 Å². The third kappa shape index (κ3) is 3.95. The molecule has 0 radical (unpaired) electrons. The van der Waals surface area contributed by atoms with Crippen LogP contribution in [0.5, 0.6) is 0 Å². The van der Waals surface area contributed by atoms with Gasteiger partial charge in [0, 0.05) is 12.0 Å². The smallest absolute Gasteiger partial charge is 0.263 e. The Labute approximate surface area is 161 Å². The fraction of sp³-hybridized carbons (Fsp3) is 0.400. The lowest BCUT2D eigenvalue weighted by atomic mass is 10.3. The zero-order valence-electron chi connectivity index (χ0n) is 14.4. The van der Waals surface area contributed by atoms with E-state index in [1.54, 1.807) is 7.11 Å². The van der Waals surface area contributed by atoms with Crippen LogP contribution in [0, 0.1) is 0 Å². The van der Waals surface area contributed by atoms with Crippen LogP contribution in [0.15, 0.2) is 16.0 Å². The predicted octanol–water partition coefficient (Wildman–Crippen LogP) is 2.38. The van der Waals surface area contributed by atoms with Gasteiger partial charge in [0.25, 0.3) is 5.56 Å². The average molecular weight is 412 g/mol. The Morgan fingerprint density at radius 2 is 2.19 bits per heavy atom. The maximum Gasteiger partial charge on any atom is 0.263 e. The SMILES string of the molecule is CCc1cc2c(=O)n(CC(=O)Nc3nnc(COC)s3)c(SC)nc2s1. The highest BCUT2D eigenvalue weighted by Crippen LogP contribution is 2.24. The van der Waals surface area contributed by atoms with Gasteiger partial charge in [0.05, 0.1) is 5.39 Å². The highest BCUT2D eigenvalue weighted by atomic mass is 32.2. The summed E-state index contributed by atoms with van der Waals surface area (Å²) in [6.45, 7) is 2.24. The molecule has 0 unspecified atom stereocenters. The van der Waals surface area contributed by atoms with E-state index in [9.17, 15) is 9.59 Å². The lowest BCUT2D eigenvalue weighted by Crippen LogP contribution is -2.29. The van der Waals surface area contributed by atoms with Crippen LogP contribution in [-0.2, 0) is 29.1 Å². The second-order valence-electron chi connectivity index (χ2n) is 5.26. The average Bonchev–Trinajstić information content (AvgIpc) is 3.24. The number of rotatable bonds is 7. The molecule has 3 rings (SSSR count). The Balaban J connectivity index is 1.85. The lowest BCUT2D eigenvalue weighted by Gasteiger charge is -2.09. The van der Waals surface area contributed by atoms with Crippen LogP contribution in [0.2, 0.25) is 0 Å². The van der Waals surface area contributed by atoms with Crippen molar-refractivity contribution in [2.24, 2.45) is 0 Å². The summed E-state index contributed by atoms with van der Waals surface area (Å²) in [5, 5.41) is 12.6. The number of hydrogen-bond acceptors (Lipinski definition) is 9. The first-order chi connectivity index (χ1) is 12.5. The van der Waals surface area contributed by atoms with Gasteiger partial charge >= 0.3 is 0 Å². The molecule has 3 aromatic rings. The van der Waals surface area contributed by atoms with Crippen LogP contribution in [-0.4, -0.2) is 39.0 Å². The molecular formula is C15H17N5O3S3. The fourth-order valence-electron chi connectivity index (χ4n) is 2.30. The van der Waals surface area contributed by atoms with Crippen LogP contribution >= 0.6 is 34.4 Å². The molecule has 1 N–H and O–H groups in total. The molecule has 0 aliphatic carbocycles. The Morgan fingerprint density at radius 3 is 2.88 bits per heavy atom. The number of amides is 1. The number of nitrogens with zero attached hydrogens (tertiary/aromatic N) is 4. The summed E-state index contributed by atoms with van der Waals surface area (Å²) >= 11 is 4.08. The quantitative estimate of drug-likeness (QED) is 0.471. The summed E-state index contributed by atoms with van der Waals surface area (Å²) in [6, 6.07) is 1.86. The number of nitrogens with one attached hydrogen (secondary N) is 1. The van der Waals surface area contributed by atoms with Gasteiger partial charge in [0.2, 0.25) is 11.0 Å². The Hall–Kier alpha value is -1.82. The van der Waals surface area contributed by atoms with E-state index in [1.807, 2.05) is 19.2 Å². The molecule has 8 nitrogen and oxygen atoms in total. The third-order valence-corrected chi connectivity index (χ3v) is 6.14. The van der Waals surface area contributed by atoms with Gasteiger partial charge in [-0.15, -0.1) is 21.5 Å². The maximum absolute atomic E-state index is 12.8. The summed E-state index contributed by atoms with van der Waals surface area (Å²) in [5.74, 6) is -0.352. The number of anilines is 1. The second kappa shape index (κ2) is 8.25. The van der Waals surface area contributed by atoms with Gasteiger partial charge in [0.1, 0.15) is 23.0 Å². The maximum atomic E-state index is 12.8. The largest absolute Gasteiger partial charge is 0.377 e. The number of ether oxygens (including phenoxy) is 1. The minimum atomic E-state index is -0.352. The molecule has 0 fully saturated rings. The van der Waals surface area contributed by atoms with Crippen molar-refractivity contribution in [2.75, 3.05) is 18.7 Å². The van der Waals surface area contributed by atoms with E-state index < -0.39 is 0 Å². The predicted molar refractivity (Wildman–Crippen MR) is 104 cm³/mol. The van der Waals surface area contributed by atoms with Crippen molar-refractivity contribution < 1.29 is 9.53 Å². The molecule has 0 aliphatic rings. The summed E-state index contributed by atoms with van der Waals surface area (Å²) < 4.78 is 6.37. The highest BCUT2D eigenvalue weighted by molar-refractivity contribution is 7.98. The van der Waals surface area contributed by atoms with Crippen LogP contribution in [0.3, 0.4) is 0 Å². The van der Waals surface area contributed by atoms with Gasteiger partial charge in [-0.2, -0.15) is 0 Å². The topological polar surface area (TPSA) is 99.0 Å². The first-order valence-electron chi connectivity index (χ1n) is 7.74. The molecule has 0 aromatic carbocycles. The van der Waals surface area contributed by atoms with Crippen molar-refractivity contribution in [1.29, 1.82) is 0 Å². The van der Waals surface area contributed by atoms with E-state index in [0.717, 1.165) is 11.3 Å². The number of carbonyl (C=O) groups excluding carboxylic acids is 1. The minimum Gasteiger partial charge on any atom is -0.377 e. The van der Waals surface area contributed by atoms with Gasteiger partial charge < -0.3 is 4.74 Å². The molecule has 0 saturated carbocycles. The molecule has 138 valence electrons. The zero-order valence-corrected chi connectivity index (χ0v) is 16.9. The number of carbonyl (C=O) groups is 1. The van der Waals surface area contributed by atoms with Crippen molar-refractivity contribution in [1.82, 2.24) is 19.7 Å². The Kier molecular flexibility index (Phi) is 6.01. The number of hydrogen-bond donors (Lipinski definition) is 1. The number of thiophene rings is 1. The molecule has 1 amide bonds. The molecule has 11 heteroatoms.